The summed E-state index contributed by atoms with van der Waals surface area (Å²) in [7, 11) is 0. The number of nitrogen functional groups attached to an aromatic ring is 1. The van der Waals surface area contributed by atoms with Crippen LogP contribution in [0.15, 0.2) is 50.3 Å². The van der Waals surface area contributed by atoms with Crippen LogP contribution in [0.4, 0.5) is 20.2 Å². The fourth-order valence-corrected chi connectivity index (χ4v) is 1.99. The van der Waals surface area contributed by atoms with Crippen LogP contribution in [0.1, 0.15) is 0 Å². The number of benzene rings is 2. The summed E-state index contributed by atoms with van der Waals surface area (Å²) < 4.78 is 25.8. The summed E-state index contributed by atoms with van der Waals surface area (Å²) in [5.41, 5.74) is 6.48. The molecule has 2 aromatic rings. The van der Waals surface area contributed by atoms with Crippen molar-refractivity contribution < 1.29 is 8.78 Å². The Morgan fingerprint density at radius 1 is 1.00 bits per heavy atom. The third-order valence-electron chi connectivity index (χ3n) is 2.02. The molecule has 0 unspecified atom stereocenters. The standard InChI is InChI=1S/C7H3BrFNS.C6H5BrFN/c8-6-3-5(10-4-11)1-2-7(6)9;7-5-3-4(9)1-2-6(5)8/h1-3H;1-3H,9H2. The van der Waals surface area contributed by atoms with Crippen molar-refractivity contribution in [2.45, 2.75) is 0 Å². The number of hydrogen-bond acceptors (Lipinski definition) is 3. The molecule has 104 valence electrons. The number of isothiocyanates is 1. The van der Waals surface area contributed by atoms with Crippen molar-refractivity contribution in [2.75, 3.05) is 5.73 Å². The normalized spacial score (nSPS) is 9.20. The van der Waals surface area contributed by atoms with Gasteiger partial charge in [0.2, 0.25) is 0 Å². The second-order valence-electron chi connectivity index (χ2n) is 3.48. The van der Waals surface area contributed by atoms with E-state index in [-0.39, 0.29) is 11.6 Å². The number of hydrogen-bond donors (Lipinski definition) is 1. The predicted molar refractivity (Wildman–Crippen MR) is 87.3 cm³/mol. The molecule has 0 aliphatic heterocycles. The van der Waals surface area contributed by atoms with Crippen LogP contribution in [0.25, 0.3) is 0 Å². The Morgan fingerprint density at radius 3 is 2.00 bits per heavy atom. The van der Waals surface area contributed by atoms with Crippen molar-refractivity contribution in [1.82, 2.24) is 0 Å². The minimum absolute atomic E-state index is 0.288. The summed E-state index contributed by atoms with van der Waals surface area (Å²) in [6, 6.07) is 8.73. The van der Waals surface area contributed by atoms with E-state index in [2.05, 4.69) is 54.2 Å². The molecule has 20 heavy (non-hydrogen) atoms. The summed E-state index contributed by atoms with van der Waals surface area (Å²) >= 11 is 10.4. The molecule has 0 atom stereocenters. The first-order valence-electron chi connectivity index (χ1n) is 5.17. The van der Waals surface area contributed by atoms with Gasteiger partial charge in [0, 0.05) is 5.69 Å². The summed E-state index contributed by atoms with van der Waals surface area (Å²) in [6.45, 7) is 0. The highest BCUT2D eigenvalue weighted by molar-refractivity contribution is 9.10. The lowest BCUT2D eigenvalue weighted by atomic mass is 10.3. The molecular weight excluding hydrogens is 414 g/mol. The van der Waals surface area contributed by atoms with Crippen LogP contribution in [0, 0.1) is 11.6 Å². The van der Waals surface area contributed by atoms with Gasteiger partial charge in [0.25, 0.3) is 0 Å². The zero-order valence-electron chi connectivity index (χ0n) is 9.91. The van der Waals surface area contributed by atoms with Crippen LogP contribution in [-0.4, -0.2) is 5.16 Å². The summed E-state index contributed by atoms with van der Waals surface area (Å²) in [6.07, 6.45) is 0. The smallest absolute Gasteiger partial charge is 0.137 e. The number of rotatable bonds is 1. The molecule has 0 bridgehead atoms. The minimum atomic E-state index is -0.312. The molecule has 0 saturated carbocycles. The zero-order chi connectivity index (χ0) is 15.1. The summed E-state index contributed by atoms with van der Waals surface area (Å²) in [5, 5.41) is 2.20. The van der Waals surface area contributed by atoms with Gasteiger partial charge in [0.1, 0.15) is 11.6 Å². The topological polar surface area (TPSA) is 38.4 Å². The highest BCUT2D eigenvalue weighted by Crippen LogP contribution is 2.21. The van der Waals surface area contributed by atoms with Crippen molar-refractivity contribution in [1.29, 1.82) is 0 Å². The van der Waals surface area contributed by atoms with Gasteiger partial charge in [-0.3, -0.25) is 0 Å². The maximum atomic E-state index is 12.6. The Kier molecular flexibility index (Phi) is 6.95. The van der Waals surface area contributed by atoms with Gasteiger partial charge in [0.15, 0.2) is 0 Å². The van der Waals surface area contributed by atoms with E-state index in [4.69, 9.17) is 5.73 Å². The van der Waals surface area contributed by atoms with E-state index in [1.54, 1.807) is 0 Å². The van der Waals surface area contributed by atoms with E-state index in [1.165, 1.54) is 36.4 Å². The second-order valence-corrected chi connectivity index (χ2v) is 5.37. The van der Waals surface area contributed by atoms with Gasteiger partial charge in [-0.25, -0.2) is 8.78 Å². The van der Waals surface area contributed by atoms with Gasteiger partial charge in [-0.2, -0.15) is 4.99 Å². The van der Waals surface area contributed by atoms with Gasteiger partial charge in [0.05, 0.1) is 19.8 Å². The van der Waals surface area contributed by atoms with E-state index in [0.29, 0.717) is 20.3 Å². The molecule has 0 aliphatic carbocycles. The average Bonchev–Trinajstić information content (AvgIpc) is 2.40. The maximum absolute atomic E-state index is 12.6. The highest BCUT2D eigenvalue weighted by Gasteiger charge is 1.97. The molecule has 0 spiro atoms. The lowest BCUT2D eigenvalue weighted by Crippen LogP contribution is -1.84. The highest BCUT2D eigenvalue weighted by atomic mass is 79.9. The molecule has 0 heterocycles. The van der Waals surface area contributed by atoms with Crippen molar-refractivity contribution in [3.8, 4) is 0 Å². The third kappa shape index (κ3) is 5.46. The molecule has 0 fully saturated rings. The second kappa shape index (κ2) is 8.21. The monoisotopic (exact) mass is 420 g/mol. The van der Waals surface area contributed by atoms with Crippen molar-refractivity contribution in [2.24, 2.45) is 4.99 Å². The molecule has 2 nitrogen and oxygen atoms in total. The molecule has 2 N–H and O–H groups in total. The lowest BCUT2D eigenvalue weighted by molar-refractivity contribution is 0.621. The molecule has 0 radical (unpaired) electrons. The quantitative estimate of drug-likeness (QED) is 0.375. The molecular formula is C13H8Br2F2N2S. The molecule has 2 rings (SSSR count). The summed E-state index contributed by atoms with van der Waals surface area (Å²) in [4.78, 5) is 3.68. The van der Waals surface area contributed by atoms with Gasteiger partial charge in [-0.1, -0.05) is 0 Å². The number of anilines is 1. The third-order valence-corrected chi connectivity index (χ3v) is 3.33. The van der Waals surface area contributed by atoms with Crippen LogP contribution in [0.3, 0.4) is 0 Å². The Morgan fingerprint density at radius 2 is 1.55 bits per heavy atom. The number of halogens is 4. The molecule has 0 amide bonds. The van der Waals surface area contributed by atoms with E-state index in [9.17, 15) is 8.78 Å². The number of nitrogens with two attached hydrogens (primary N) is 1. The number of aliphatic imine (C=N–C) groups is 1. The van der Waals surface area contributed by atoms with Crippen molar-refractivity contribution >= 4 is 60.6 Å². The first-order valence-corrected chi connectivity index (χ1v) is 7.17. The number of nitrogens with zero attached hydrogens (tertiary/aromatic N) is 1. The molecule has 7 heteroatoms. The predicted octanol–water partition coefficient (Wildman–Crippen LogP) is 5.49. The first kappa shape index (κ1) is 16.9. The van der Waals surface area contributed by atoms with Crippen molar-refractivity contribution in [3.63, 3.8) is 0 Å². The fourth-order valence-electron chi connectivity index (χ4n) is 1.12. The van der Waals surface area contributed by atoms with E-state index < -0.39 is 0 Å². The first-order chi connectivity index (χ1) is 9.43. The molecule has 0 saturated heterocycles. The Labute approximate surface area is 137 Å². The van der Waals surface area contributed by atoms with Gasteiger partial charge in [-0.05, 0) is 80.5 Å². The van der Waals surface area contributed by atoms with Crippen LogP contribution < -0.4 is 5.73 Å². The van der Waals surface area contributed by atoms with E-state index in [0.717, 1.165) is 0 Å². The SMILES string of the molecule is Fc1ccc(N=C=S)cc1Br.Nc1ccc(F)c(Br)c1. The average molecular weight is 422 g/mol. The van der Waals surface area contributed by atoms with Crippen LogP contribution >= 0.6 is 44.1 Å². The Bertz CT molecular complexity index is 659. The largest absolute Gasteiger partial charge is 0.399 e. The molecule has 0 aliphatic rings. The Hall–Kier alpha value is -1.14. The Balaban J connectivity index is 0.000000204. The van der Waals surface area contributed by atoms with Crippen LogP contribution in [-0.2, 0) is 0 Å². The number of thiocarbonyl (C=S) groups is 1. The minimum Gasteiger partial charge on any atom is -0.399 e. The molecule has 2 aromatic carbocycles. The lowest BCUT2D eigenvalue weighted by Gasteiger charge is -1.93. The molecule has 0 aromatic heterocycles. The van der Waals surface area contributed by atoms with Gasteiger partial charge in [-0.15, -0.1) is 0 Å². The van der Waals surface area contributed by atoms with E-state index in [1.807, 2.05) is 0 Å². The maximum Gasteiger partial charge on any atom is 0.137 e. The fraction of sp³-hybridized carbons (Fsp3) is 0. The summed E-state index contributed by atoms with van der Waals surface area (Å²) in [5.74, 6) is -0.600. The van der Waals surface area contributed by atoms with Crippen molar-refractivity contribution in [3.05, 3.63) is 57.0 Å². The van der Waals surface area contributed by atoms with Crippen LogP contribution in [0.2, 0.25) is 0 Å². The van der Waals surface area contributed by atoms with E-state index >= 15 is 0 Å². The zero-order valence-corrected chi connectivity index (χ0v) is 13.9. The van der Waals surface area contributed by atoms with Gasteiger partial charge < -0.3 is 5.73 Å². The van der Waals surface area contributed by atoms with Gasteiger partial charge >= 0.3 is 0 Å². The van der Waals surface area contributed by atoms with Crippen LogP contribution in [0.5, 0.6) is 0 Å².